The van der Waals surface area contributed by atoms with Crippen LogP contribution in [0.25, 0.3) is 0 Å². The number of nitrogens with zero attached hydrogens (tertiary/aromatic N) is 2. The molecule has 0 bridgehead atoms. The van der Waals surface area contributed by atoms with Crippen molar-refractivity contribution in [1.29, 1.82) is 0 Å². The van der Waals surface area contributed by atoms with Crippen molar-refractivity contribution in [3.63, 3.8) is 0 Å². The van der Waals surface area contributed by atoms with Crippen LogP contribution in [0.3, 0.4) is 0 Å². The SMILES string of the molecule is CCNC(=NCc1ccccn1)NCC1(NC(C)c2ccccc2)CCOCC1.I. The number of nitrogens with one attached hydrogen (secondary N) is 3. The van der Waals surface area contributed by atoms with E-state index >= 15 is 0 Å². The monoisotopic (exact) mass is 523 g/mol. The molecule has 1 atom stereocenters. The maximum absolute atomic E-state index is 5.65. The summed E-state index contributed by atoms with van der Waals surface area (Å²) in [5.41, 5.74) is 2.23. The summed E-state index contributed by atoms with van der Waals surface area (Å²) in [5.74, 6) is 0.818. The molecule has 2 heterocycles. The molecular weight excluding hydrogens is 489 g/mol. The zero-order chi connectivity index (χ0) is 20.4. The van der Waals surface area contributed by atoms with Gasteiger partial charge in [-0.05, 0) is 44.4 Å². The molecule has 1 unspecified atom stereocenters. The van der Waals surface area contributed by atoms with Gasteiger partial charge in [0.25, 0.3) is 0 Å². The Labute approximate surface area is 197 Å². The van der Waals surface area contributed by atoms with Gasteiger partial charge in [0.05, 0.1) is 12.2 Å². The van der Waals surface area contributed by atoms with Crippen LogP contribution in [0.4, 0.5) is 0 Å². The third-order valence-corrected chi connectivity index (χ3v) is 5.34. The first-order valence-electron chi connectivity index (χ1n) is 10.5. The molecule has 7 heteroatoms. The zero-order valence-electron chi connectivity index (χ0n) is 17.9. The second-order valence-electron chi connectivity index (χ2n) is 7.54. The van der Waals surface area contributed by atoms with Crippen molar-refractivity contribution in [2.45, 2.75) is 44.8 Å². The Balaban J connectivity index is 0.00000320. The highest BCUT2D eigenvalue weighted by Crippen LogP contribution is 2.25. The highest BCUT2D eigenvalue weighted by Gasteiger charge is 2.34. The fraction of sp³-hybridized carbons (Fsp3) is 0.478. The van der Waals surface area contributed by atoms with E-state index in [1.165, 1.54) is 5.56 Å². The summed E-state index contributed by atoms with van der Waals surface area (Å²) in [5, 5.41) is 10.8. The van der Waals surface area contributed by atoms with Crippen molar-refractivity contribution in [2.75, 3.05) is 26.3 Å². The van der Waals surface area contributed by atoms with Gasteiger partial charge in [-0.2, -0.15) is 0 Å². The number of hydrogen-bond donors (Lipinski definition) is 3. The number of pyridine rings is 1. The van der Waals surface area contributed by atoms with Gasteiger partial charge in [0.1, 0.15) is 0 Å². The van der Waals surface area contributed by atoms with Crippen LogP contribution in [0.5, 0.6) is 0 Å². The molecule has 3 N–H and O–H groups in total. The van der Waals surface area contributed by atoms with Crippen molar-refractivity contribution < 1.29 is 4.74 Å². The average Bonchev–Trinajstić information content (AvgIpc) is 2.78. The molecule has 3 rings (SSSR count). The molecule has 6 nitrogen and oxygen atoms in total. The zero-order valence-corrected chi connectivity index (χ0v) is 20.3. The lowest BCUT2D eigenvalue weighted by molar-refractivity contribution is 0.0355. The minimum Gasteiger partial charge on any atom is -0.381 e. The number of guanidine groups is 1. The highest BCUT2D eigenvalue weighted by molar-refractivity contribution is 14.0. The summed E-state index contributed by atoms with van der Waals surface area (Å²) in [7, 11) is 0. The number of ether oxygens (including phenoxy) is 1. The van der Waals surface area contributed by atoms with Crippen LogP contribution in [-0.4, -0.2) is 42.8 Å². The Hall–Kier alpha value is -1.71. The highest BCUT2D eigenvalue weighted by atomic mass is 127. The van der Waals surface area contributed by atoms with Crippen molar-refractivity contribution in [1.82, 2.24) is 20.9 Å². The van der Waals surface area contributed by atoms with E-state index in [0.717, 1.165) is 50.8 Å². The van der Waals surface area contributed by atoms with E-state index in [2.05, 4.69) is 65.1 Å². The van der Waals surface area contributed by atoms with E-state index in [4.69, 9.17) is 9.73 Å². The summed E-state index contributed by atoms with van der Waals surface area (Å²) in [4.78, 5) is 9.07. The van der Waals surface area contributed by atoms with Crippen LogP contribution in [0.2, 0.25) is 0 Å². The minimum atomic E-state index is -0.0330. The van der Waals surface area contributed by atoms with Crippen LogP contribution in [0.1, 0.15) is 44.0 Å². The van der Waals surface area contributed by atoms with E-state index in [1.54, 1.807) is 6.20 Å². The van der Waals surface area contributed by atoms with Gasteiger partial charge in [-0.15, -0.1) is 24.0 Å². The Morgan fingerprint density at radius 3 is 2.50 bits per heavy atom. The second kappa shape index (κ2) is 12.9. The first-order chi connectivity index (χ1) is 14.2. The van der Waals surface area contributed by atoms with Crippen LogP contribution in [0, 0.1) is 0 Å². The summed E-state index contributed by atoms with van der Waals surface area (Å²) in [6.07, 6.45) is 3.74. The average molecular weight is 523 g/mol. The molecule has 1 aliphatic rings. The molecule has 0 amide bonds. The maximum Gasteiger partial charge on any atom is 0.191 e. The third kappa shape index (κ3) is 7.52. The smallest absolute Gasteiger partial charge is 0.191 e. The Bertz CT molecular complexity index is 751. The van der Waals surface area contributed by atoms with Crippen LogP contribution >= 0.6 is 24.0 Å². The summed E-state index contributed by atoms with van der Waals surface area (Å²) in [6, 6.07) is 16.8. The first kappa shape index (κ1) is 24.6. The molecule has 30 heavy (non-hydrogen) atoms. The van der Waals surface area contributed by atoms with E-state index < -0.39 is 0 Å². The lowest BCUT2D eigenvalue weighted by Crippen LogP contribution is -2.58. The van der Waals surface area contributed by atoms with Gasteiger partial charge in [-0.25, -0.2) is 4.99 Å². The summed E-state index contributed by atoms with van der Waals surface area (Å²) < 4.78 is 5.65. The van der Waals surface area contributed by atoms with Gasteiger partial charge in [0, 0.05) is 44.1 Å². The summed E-state index contributed by atoms with van der Waals surface area (Å²) in [6.45, 7) is 8.03. The van der Waals surface area contributed by atoms with Crippen LogP contribution in [0.15, 0.2) is 59.7 Å². The normalized spacial score (nSPS) is 16.9. The molecule has 0 spiro atoms. The number of benzene rings is 1. The Kier molecular flexibility index (Phi) is 10.5. The molecule has 1 aromatic heterocycles. The summed E-state index contributed by atoms with van der Waals surface area (Å²) >= 11 is 0. The molecule has 0 saturated carbocycles. The molecule has 164 valence electrons. The molecule has 0 aliphatic carbocycles. The quantitative estimate of drug-likeness (QED) is 0.280. The number of hydrogen-bond acceptors (Lipinski definition) is 4. The molecule has 0 radical (unpaired) electrons. The standard InChI is InChI=1S/C23H33N5O.HI/c1-3-24-22(26-17-21-11-7-8-14-25-21)27-18-23(12-15-29-16-13-23)28-19(2)20-9-5-4-6-10-20;/h4-11,14,19,28H,3,12-13,15-18H2,1-2H3,(H2,24,26,27);1H. The van der Waals surface area contributed by atoms with E-state index in [1.807, 2.05) is 18.2 Å². The topological polar surface area (TPSA) is 70.6 Å². The minimum absolute atomic E-state index is 0. The molecule has 1 aromatic carbocycles. The second-order valence-corrected chi connectivity index (χ2v) is 7.54. The maximum atomic E-state index is 5.65. The molecular formula is C23H34IN5O. The van der Waals surface area contributed by atoms with E-state index in [0.29, 0.717) is 6.54 Å². The van der Waals surface area contributed by atoms with Gasteiger partial charge in [0.2, 0.25) is 0 Å². The lowest BCUT2D eigenvalue weighted by Gasteiger charge is -2.41. The number of aromatic nitrogens is 1. The van der Waals surface area contributed by atoms with Gasteiger partial charge in [-0.3, -0.25) is 4.98 Å². The Morgan fingerprint density at radius 1 is 1.10 bits per heavy atom. The fourth-order valence-electron chi connectivity index (χ4n) is 3.66. The van der Waals surface area contributed by atoms with Crippen molar-refractivity contribution in [3.05, 3.63) is 66.0 Å². The fourth-order valence-corrected chi connectivity index (χ4v) is 3.66. The van der Waals surface area contributed by atoms with Gasteiger partial charge >= 0.3 is 0 Å². The van der Waals surface area contributed by atoms with Crippen molar-refractivity contribution in [3.8, 4) is 0 Å². The molecule has 1 saturated heterocycles. The Morgan fingerprint density at radius 2 is 1.83 bits per heavy atom. The lowest BCUT2D eigenvalue weighted by atomic mass is 9.88. The first-order valence-corrected chi connectivity index (χ1v) is 10.5. The van der Waals surface area contributed by atoms with E-state index in [9.17, 15) is 0 Å². The largest absolute Gasteiger partial charge is 0.381 e. The predicted molar refractivity (Wildman–Crippen MR) is 133 cm³/mol. The number of aliphatic imine (C=N–C) groups is 1. The number of halogens is 1. The van der Waals surface area contributed by atoms with Gasteiger partial charge in [-0.1, -0.05) is 36.4 Å². The van der Waals surface area contributed by atoms with Crippen LogP contribution in [-0.2, 0) is 11.3 Å². The van der Waals surface area contributed by atoms with Crippen molar-refractivity contribution in [2.24, 2.45) is 4.99 Å². The van der Waals surface area contributed by atoms with Gasteiger partial charge < -0.3 is 20.7 Å². The predicted octanol–water partition coefficient (Wildman–Crippen LogP) is 3.65. The van der Waals surface area contributed by atoms with Crippen LogP contribution < -0.4 is 16.0 Å². The number of rotatable bonds is 8. The molecule has 2 aromatic rings. The van der Waals surface area contributed by atoms with Crippen molar-refractivity contribution >= 4 is 29.9 Å². The van der Waals surface area contributed by atoms with Gasteiger partial charge in [0.15, 0.2) is 5.96 Å². The third-order valence-electron chi connectivity index (χ3n) is 5.34. The van der Waals surface area contributed by atoms with E-state index in [-0.39, 0.29) is 35.6 Å². The molecule has 1 fully saturated rings. The molecule has 1 aliphatic heterocycles.